The topological polar surface area (TPSA) is 117 Å². The number of hydrogen-bond donors (Lipinski definition) is 1. The number of anilines is 1. The van der Waals surface area contributed by atoms with E-state index >= 15 is 0 Å². The van der Waals surface area contributed by atoms with Crippen molar-refractivity contribution in [1.29, 1.82) is 5.26 Å². The molecule has 4 rings (SSSR count). The highest BCUT2D eigenvalue weighted by atomic mass is 16.5. The number of aryl methyl sites for hydroxylation is 1. The molecule has 192 valence electrons. The first-order valence-electron chi connectivity index (χ1n) is 12.1. The van der Waals surface area contributed by atoms with Crippen LogP contribution in [-0.2, 0) is 14.4 Å². The van der Waals surface area contributed by atoms with E-state index in [4.69, 9.17) is 14.7 Å². The van der Waals surface area contributed by atoms with E-state index < -0.39 is 23.7 Å². The van der Waals surface area contributed by atoms with Gasteiger partial charge in [-0.25, -0.2) is 0 Å². The molecule has 0 spiro atoms. The fourth-order valence-corrected chi connectivity index (χ4v) is 4.32. The summed E-state index contributed by atoms with van der Waals surface area (Å²) in [6.45, 7) is 5.67. The van der Waals surface area contributed by atoms with Gasteiger partial charge in [0.1, 0.15) is 17.3 Å². The highest BCUT2D eigenvalue weighted by Gasteiger charge is 2.47. The van der Waals surface area contributed by atoms with Crippen LogP contribution in [0, 0.1) is 18.3 Å². The maximum atomic E-state index is 13.4. The van der Waals surface area contributed by atoms with Crippen molar-refractivity contribution >= 4 is 29.1 Å². The van der Waals surface area contributed by atoms with Gasteiger partial charge in [0.2, 0.25) is 0 Å². The zero-order valence-electron chi connectivity index (χ0n) is 21.2. The Morgan fingerprint density at radius 1 is 1.05 bits per heavy atom. The molecule has 38 heavy (non-hydrogen) atoms. The van der Waals surface area contributed by atoms with E-state index in [1.165, 1.54) is 11.8 Å². The minimum absolute atomic E-state index is 0.0822. The third-order valence-electron chi connectivity index (χ3n) is 6.09. The van der Waals surface area contributed by atoms with E-state index in [2.05, 4.69) is 0 Å². The van der Waals surface area contributed by atoms with Crippen molar-refractivity contribution in [3.05, 3.63) is 94.6 Å². The quantitative estimate of drug-likeness (QED) is 0.152. The molecule has 1 amide bonds. The Morgan fingerprint density at radius 3 is 2.32 bits per heavy atom. The molecule has 1 unspecified atom stereocenters. The lowest BCUT2D eigenvalue weighted by atomic mass is 9.94. The third kappa shape index (κ3) is 5.13. The first kappa shape index (κ1) is 26.2. The summed E-state index contributed by atoms with van der Waals surface area (Å²) >= 11 is 0. The number of nitriles is 1. The molecular formula is C30H26N2O6. The van der Waals surface area contributed by atoms with Crippen LogP contribution in [-0.4, -0.2) is 29.4 Å². The third-order valence-corrected chi connectivity index (χ3v) is 6.09. The van der Waals surface area contributed by atoms with Gasteiger partial charge in [-0.15, -0.1) is 0 Å². The van der Waals surface area contributed by atoms with E-state index in [-0.39, 0.29) is 11.3 Å². The number of aliphatic hydroxyl groups excluding tert-OH is 1. The molecule has 1 N–H and O–H groups in total. The maximum Gasteiger partial charge on any atom is 0.308 e. The molecular weight excluding hydrogens is 484 g/mol. The second kappa shape index (κ2) is 11.0. The number of hydrogen-bond acceptors (Lipinski definition) is 7. The van der Waals surface area contributed by atoms with Gasteiger partial charge < -0.3 is 14.6 Å². The summed E-state index contributed by atoms with van der Waals surface area (Å²) in [5.74, 6) is -1.49. The zero-order valence-corrected chi connectivity index (χ0v) is 21.2. The summed E-state index contributed by atoms with van der Waals surface area (Å²) < 4.78 is 10.8. The van der Waals surface area contributed by atoms with Crippen LogP contribution >= 0.6 is 0 Å². The number of rotatable bonds is 7. The molecule has 1 fully saturated rings. The normalized spacial score (nSPS) is 16.3. The molecule has 1 aliphatic rings. The van der Waals surface area contributed by atoms with Gasteiger partial charge in [-0.1, -0.05) is 19.1 Å². The van der Waals surface area contributed by atoms with Gasteiger partial charge in [0, 0.05) is 18.2 Å². The Labute approximate surface area is 220 Å². The zero-order chi connectivity index (χ0) is 27.4. The summed E-state index contributed by atoms with van der Waals surface area (Å²) in [6.07, 6.45) is 0.843. The van der Waals surface area contributed by atoms with Gasteiger partial charge in [0.15, 0.2) is 0 Å². The fourth-order valence-electron chi connectivity index (χ4n) is 4.32. The minimum Gasteiger partial charge on any atom is -0.507 e. The van der Waals surface area contributed by atoms with Gasteiger partial charge >= 0.3 is 5.97 Å². The van der Waals surface area contributed by atoms with Crippen LogP contribution in [0.1, 0.15) is 48.6 Å². The summed E-state index contributed by atoms with van der Waals surface area (Å²) in [5, 5.41) is 20.5. The molecule has 0 radical (unpaired) electrons. The predicted octanol–water partition coefficient (Wildman–Crippen LogP) is 5.21. The van der Waals surface area contributed by atoms with Crippen molar-refractivity contribution in [2.45, 2.75) is 33.2 Å². The Kier molecular flexibility index (Phi) is 7.58. The van der Waals surface area contributed by atoms with Gasteiger partial charge in [-0.3, -0.25) is 19.3 Å². The van der Waals surface area contributed by atoms with Crippen LogP contribution < -0.4 is 14.4 Å². The van der Waals surface area contributed by atoms with E-state index in [0.29, 0.717) is 40.5 Å². The molecule has 8 heteroatoms. The van der Waals surface area contributed by atoms with Crippen LogP contribution in [0.4, 0.5) is 5.69 Å². The van der Waals surface area contributed by atoms with Crippen molar-refractivity contribution in [1.82, 2.24) is 0 Å². The molecule has 3 aromatic rings. The predicted molar refractivity (Wildman–Crippen MR) is 141 cm³/mol. The Hall–Kier alpha value is -4.90. The minimum atomic E-state index is -0.967. The molecule has 0 saturated carbocycles. The van der Waals surface area contributed by atoms with Crippen molar-refractivity contribution in [2.75, 3.05) is 11.5 Å². The van der Waals surface area contributed by atoms with Gasteiger partial charge in [0.05, 0.1) is 29.9 Å². The number of aliphatic hydroxyl groups is 1. The molecule has 1 aliphatic heterocycles. The van der Waals surface area contributed by atoms with E-state index in [0.717, 1.165) is 12.0 Å². The number of ether oxygens (including phenoxy) is 2. The Bertz CT molecular complexity index is 1470. The van der Waals surface area contributed by atoms with Crippen molar-refractivity contribution in [3.63, 3.8) is 0 Å². The smallest absolute Gasteiger partial charge is 0.308 e. The van der Waals surface area contributed by atoms with Crippen molar-refractivity contribution < 1.29 is 29.0 Å². The molecule has 8 nitrogen and oxygen atoms in total. The second-order valence-electron chi connectivity index (χ2n) is 8.82. The van der Waals surface area contributed by atoms with E-state index in [1.807, 2.05) is 19.9 Å². The van der Waals surface area contributed by atoms with Gasteiger partial charge in [-0.05, 0) is 79.1 Å². The molecule has 0 aromatic heterocycles. The number of nitrogens with zero attached hydrogens (tertiary/aromatic N) is 2. The lowest BCUT2D eigenvalue weighted by molar-refractivity contribution is -0.132. The second-order valence-corrected chi connectivity index (χ2v) is 8.82. The van der Waals surface area contributed by atoms with Crippen LogP contribution in [0.3, 0.4) is 0 Å². The fraction of sp³-hybridized carbons (Fsp3) is 0.200. The highest BCUT2D eigenvalue weighted by molar-refractivity contribution is 6.51. The average Bonchev–Trinajstić information content (AvgIpc) is 3.17. The van der Waals surface area contributed by atoms with Crippen LogP contribution in [0.5, 0.6) is 11.5 Å². The molecule has 1 atom stereocenters. The maximum absolute atomic E-state index is 13.4. The van der Waals surface area contributed by atoms with Crippen molar-refractivity contribution in [2.24, 2.45) is 0 Å². The summed E-state index contributed by atoms with van der Waals surface area (Å²) in [7, 11) is 0. The standard InChI is InChI=1S/C30H26N2O6/c1-4-15-37-25-14-9-22(16-18(25)2)28(34)26-27(21-7-12-24(13-8-21)38-19(3)33)32(30(36)29(26)35)23-10-5-20(17-31)6-11-23/h5-14,16,27,34H,4,15H2,1-3H3/b28-26-. The molecule has 1 heterocycles. The van der Waals surface area contributed by atoms with Crippen molar-refractivity contribution in [3.8, 4) is 17.6 Å². The summed E-state index contributed by atoms with van der Waals surface area (Å²) in [4.78, 5) is 39.3. The number of carbonyl (C=O) groups excluding carboxylic acids is 3. The Balaban J connectivity index is 1.85. The highest BCUT2D eigenvalue weighted by Crippen LogP contribution is 2.42. The van der Waals surface area contributed by atoms with Crippen LogP contribution in [0.15, 0.2) is 72.3 Å². The number of Topliss-reactive ketones (excluding diaryl/α,β-unsaturated/α-hetero) is 1. The monoisotopic (exact) mass is 510 g/mol. The van der Waals surface area contributed by atoms with Crippen LogP contribution in [0.25, 0.3) is 5.76 Å². The van der Waals surface area contributed by atoms with Gasteiger partial charge in [-0.2, -0.15) is 5.26 Å². The number of amides is 1. The number of benzene rings is 3. The van der Waals surface area contributed by atoms with Gasteiger partial charge in [0.25, 0.3) is 11.7 Å². The summed E-state index contributed by atoms with van der Waals surface area (Å²) in [6, 6.07) is 18.8. The first-order valence-corrected chi connectivity index (χ1v) is 12.1. The number of carbonyl (C=O) groups is 3. The molecule has 0 bridgehead atoms. The lowest BCUT2D eigenvalue weighted by Gasteiger charge is -2.25. The first-order chi connectivity index (χ1) is 18.2. The van der Waals surface area contributed by atoms with E-state index in [9.17, 15) is 19.5 Å². The average molecular weight is 511 g/mol. The SMILES string of the molecule is CCCOc1ccc(/C(O)=C2/C(=O)C(=O)N(c3ccc(C#N)cc3)C2c2ccc(OC(C)=O)cc2)cc1C. The lowest BCUT2D eigenvalue weighted by Crippen LogP contribution is -2.29. The van der Waals surface area contributed by atoms with Crippen LogP contribution in [0.2, 0.25) is 0 Å². The van der Waals surface area contributed by atoms with E-state index in [1.54, 1.807) is 66.7 Å². The number of ketones is 1. The molecule has 3 aromatic carbocycles. The molecule has 1 saturated heterocycles. The summed E-state index contributed by atoms with van der Waals surface area (Å²) in [5.41, 5.74) is 2.36. The largest absolute Gasteiger partial charge is 0.507 e. The molecule has 0 aliphatic carbocycles. The Morgan fingerprint density at radius 2 is 1.74 bits per heavy atom. The number of esters is 1.